The van der Waals surface area contributed by atoms with Crippen LogP contribution in [-0.4, -0.2) is 19.6 Å². The predicted octanol–water partition coefficient (Wildman–Crippen LogP) is 6.30. The van der Waals surface area contributed by atoms with Gasteiger partial charge in [-0.25, -0.2) is 8.42 Å². The molecule has 31 heavy (non-hydrogen) atoms. The van der Waals surface area contributed by atoms with Crippen LogP contribution in [-0.2, 0) is 14.8 Å². The Balaban J connectivity index is 1.65. The third-order valence-corrected chi connectivity index (χ3v) is 7.56. The molecule has 0 aliphatic heterocycles. The number of rotatable bonds is 8. The van der Waals surface area contributed by atoms with E-state index in [1.807, 2.05) is 19.1 Å². The van der Waals surface area contributed by atoms with E-state index >= 15 is 0 Å². The Bertz CT molecular complexity index is 1130. The largest absolute Gasteiger partial charge is 0.325 e. The Morgan fingerprint density at radius 3 is 1.94 bits per heavy atom. The highest BCUT2D eigenvalue weighted by atomic mass is 35.5. The third-order valence-electron chi connectivity index (χ3n) is 4.28. The summed E-state index contributed by atoms with van der Waals surface area (Å²) in [6.45, 7) is 1.94. The molecule has 1 amide bonds. The molecule has 0 heterocycles. The molecule has 2 N–H and O–H groups in total. The minimum Gasteiger partial charge on any atom is -0.325 e. The zero-order chi connectivity index (χ0) is 22.4. The first-order chi connectivity index (χ1) is 14.8. The van der Waals surface area contributed by atoms with Crippen LogP contribution in [0.15, 0.2) is 82.6 Å². The van der Waals surface area contributed by atoms with Crippen molar-refractivity contribution in [3.05, 3.63) is 82.8 Å². The van der Waals surface area contributed by atoms with Crippen molar-refractivity contribution in [3.8, 4) is 0 Å². The molecule has 0 radical (unpaired) electrons. The van der Waals surface area contributed by atoms with Gasteiger partial charge in [-0.15, -0.1) is 11.8 Å². The number of halogens is 2. The molecule has 3 aromatic rings. The molecule has 1 atom stereocenters. The molecule has 0 fully saturated rings. The highest BCUT2D eigenvalue weighted by Gasteiger charge is 2.19. The third kappa shape index (κ3) is 6.64. The summed E-state index contributed by atoms with van der Waals surface area (Å²) in [5.74, 6) is -0.155. The Morgan fingerprint density at radius 1 is 0.871 bits per heavy atom. The molecule has 9 heteroatoms. The van der Waals surface area contributed by atoms with Gasteiger partial charge in [-0.3, -0.25) is 9.52 Å². The zero-order valence-electron chi connectivity index (χ0n) is 16.5. The van der Waals surface area contributed by atoms with Crippen LogP contribution in [0.5, 0.6) is 0 Å². The van der Waals surface area contributed by atoms with Crippen molar-refractivity contribution < 1.29 is 13.2 Å². The summed E-state index contributed by atoms with van der Waals surface area (Å²) in [6, 6.07) is 19.7. The maximum absolute atomic E-state index is 12.7. The van der Waals surface area contributed by atoms with Gasteiger partial charge in [0.1, 0.15) is 0 Å². The fraction of sp³-hybridized carbons (Fsp3) is 0.136. The first-order valence-corrected chi connectivity index (χ1v) is 12.5. The van der Waals surface area contributed by atoms with Crippen molar-refractivity contribution in [2.45, 2.75) is 28.4 Å². The Hall–Kier alpha value is -2.19. The minimum atomic E-state index is -3.76. The van der Waals surface area contributed by atoms with Crippen molar-refractivity contribution in [1.29, 1.82) is 0 Å². The van der Waals surface area contributed by atoms with Gasteiger partial charge in [0.25, 0.3) is 10.0 Å². The topological polar surface area (TPSA) is 75.3 Å². The number of thioether (sulfide) groups is 1. The number of sulfonamides is 1. The maximum Gasteiger partial charge on any atom is 0.261 e. The molecule has 0 spiro atoms. The molecule has 0 saturated heterocycles. The predicted molar refractivity (Wildman–Crippen MR) is 129 cm³/mol. The average Bonchev–Trinajstić information content (AvgIpc) is 2.75. The van der Waals surface area contributed by atoms with Crippen molar-refractivity contribution in [1.82, 2.24) is 0 Å². The number of carbonyl (C=O) groups is 1. The van der Waals surface area contributed by atoms with Crippen molar-refractivity contribution in [2.75, 3.05) is 10.0 Å². The van der Waals surface area contributed by atoms with Crippen molar-refractivity contribution in [2.24, 2.45) is 0 Å². The Morgan fingerprint density at radius 2 is 1.39 bits per heavy atom. The molecule has 0 aliphatic carbocycles. The van der Waals surface area contributed by atoms with Gasteiger partial charge in [0, 0.05) is 26.3 Å². The van der Waals surface area contributed by atoms with Gasteiger partial charge in [0.2, 0.25) is 5.91 Å². The van der Waals surface area contributed by atoms with E-state index in [1.165, 1.54) is 23.9 Å². The molecule has 0 saturated carbocycles. The van der Waals surface area contributed by atoms with Crippen LogP contribution in [0.2, 0.25) is 10.0 Å². The van der Waals surface area contributed by atoms with E-state index in [9.17, 15) is 13.2 Å². The average molecular weight is 495 g/mol. The van der Waals surface area contributed by atoms with Gasteiger partial charge in [0.05, 0.1) is 10.1 Å². The number of amides is 1. The van der Waals surface area contributed by atoms with Gasteiger partial charge in [0.15, 0.2) is 0 Å². The fourth-order valence-electron chi connectivity index (χ4n) is 2.67. The summed E-state index contributed by atoms with van der Waals surface area (Å²) < 4.78 is 27.6. The lowest BCUT2D eigenvalue weighted by Crippen LogP contribution is -2.24. The highest BCUT2D eigenvalue weighted by molar-refractivity contribution is 8.00. The van der Waals surface area contributed by atoms with Crippen LogP contribution in [0.1, 0.15) is 13.3 Å². The van der Waals surface area contributed by atoms with E-state index in [0.717, 1.165) is 4.90 Å². The SMILES string of the molecule is CC[C@@H](Sc1ccc(Cl)cc1)C(=O)Nc1ccc(S(=O)(=O)Nc2ccc(Cl)cc2)cc1. The monoisotopic (exact) mass is 494 g/mol. The van der Waals surface area contributed by atoms with Gasteiger partial charge in [-0.2, -0.15) is 0 Å². The number of anilines is 2. The lowest BCUT2D eigenvalue weighted by molar-refractivity contribution is -0.115. The molecule has 5 nitrogen and oxygen atoms in total. The summed E-state index contributed by atoms with van der Waals surface area (Å²) in [4.78, 5) is 13.7. The van der Waals surface area contributed by atoms with Gasteiger partial charge < -0.3 is 5.32 Å². The summed E-state index contributed by atoms with van der Waals surface area (Å²) in [5, 5.41) is 3.71. The fourth-order valence-corrected chi connectivity index (χ4v) is 4.94. The molecule has 0 aliphatic rings. The van der Waals surface area contributed by atoms with Crippen LogP contribution in [0.25, 0.3) is 0 Å². The number of hydrogen-bond donors (Lipinski definition) is 2. The molecule has 0 unspecified atom stereocenters. The maximum atomic E-state index is 12.7. The van der Waals surface area contributed by atoms with Gasteiger partial charge in [-0.1, -0.05) is 30.1 Å². The highest BCUT2D eigenvalue weighted by Crippen LogP contribution is 2.28. The van der Waals surface area contributed by atoms with Crippen LogP contribution >= 0.6 is 35.0 Å². The normalized spacial score (nSPS) is 12.2. The van der Waals surface area contributed by atoms with Crippen LogP contribution < -0.4 is 10.0 Å². The number of nitrogens with one attached hydrogen (secondary N) is 2. The van der Waals surface area contributed by atoms with Crippen LogP contribution in [0.4, 0.5) is 11.4 Å². The number of hydrogen-bond acceptors (Lipinski definition) is 4. The van der Waals surface area contributed by atoms with Gasteiger partial charge in [-0.05, 0) is 79.2 Å². The lowest BCUT2D eigenvalue weighted by atomic mass is 10.3. The molecule has 3 aromatic carbocycles. The van der Waals surface area contributed by atoms with E-state index < -0.39 is 10.0 Å². The van der Waals surface area contributed by atoms with E-state index in [2.05, 4.69) is 10.0 Å². The van der Waals surface area contributed by atoms with Gasteiger partial charge >= 0.3 is 0 Å². The second-order valence-corrected chi connectivity index (χ2v) is 10.4. The number of benzene rings is 3. The van der Waals surface area contributed by atoms with E-state index in [1.54, 1.807) is 48.5 Å². The van der Waals surface area contributed by atoms with Crippen LogP contribution in [0, 0.1) is 0 Å². The molecule has 162 valence electrons. The molecular weight excluding hydrogens is 475 g/mol. The quantitative estimate of drug-likeness (QED) is 0.360. The lowest BCUT2D eigenvalue weighted by Gasteiger charge is -2.15. The summed E-state index contributed by atoms with van der Waals surface area (Å²) in [5.41, 5.74) is 0.928. The summed E-state index contributed by atoms with van der Waals surface area (Å²) >= 11 is 13.2. The van der Waals surface area contributed by atoms with E-state index in [0.29, 0.717) is 27.8 Å². The zero-order valence-corrected chi connectivity index (χ0v) is 19.7. The second-order valence-electron chi connectivity index (χ2n) is 6.59. The molecule has 0 bridgehead atoms. The Kier molecular flexibility index (Phi) is 7.89. The first kappa shape index (κ1) is 23.5. The summed E-state index contributed by atoms with van der Waals surface area (Å²) in [6.07, 6.45) is 0.636. The van der Waals surface area contributed by atoms with Crippen molar-refractivity contribution >= 4 is 62.3 Å². The molecule has 3 rings (SSSR count). The Labute approximate surface area is 196 Å². The standard InChI is InChI=1S/C22H20Cl2N2O3S2/c1-2-21(30-19-11-5-16(24)6-12-19)22(27)25-17-9-13-20(14-10-17)31(28,29)26-18-7-3-15(23)4-8-18/h3-14,21,26H,2H2,1H3,(H,25,27)/t21-/m1/s1. The second kappa shape index (κ2) is 10.4. The van der Waals surface area contributed by atoms with Crippen molar-refractivity contribution in [3.63, 3.8) is 0 Å². The molecular formula is C22H20Cl2N2O3S2. The summed E-state index contributed by atoms with van der Waals surface area (Å²) in [7, 11) is -3.76. The van der Waals surface area contributed by atoms with E-state index in [-0.39, 0.29) is 16.1 Å². The van der Waals surface area contributed by atoms with E-state index in [4.69, 9.17) is 23.2 Å². The first-order valence-electron chi connectivity index (χ1n) is 9.38. The smallest absolute Gasteiger partial charge is 0.261 e. The van der Waals surface area contributed by atoms with Crippen LogP contribution in [0.3, 0.4) is 0 Å². The minimum absolute atomic E-state index is 0.0861. The molecule has 0 aromatic heterocycles. The number of carbonyl (C=O) groups excluding carboxylic acids is 1.